The van der Waals surface area contributed by atoms with Gasteiger partial charge in [0.2, 0.25) is 0 Å². The van der Waals surface area contributed by atoms with E-state index in [2.05, 4.69) is 39.5 Å². The van der Waals surface area contributed by atoms with Crippen LogP contribution in [-0.2, 0) is 6.54 Å². The first-order chi connectivity index (χ1) is 14.6. The summed E-state index contributed by atoms with van der Waals surface area (Å²) in [6.07, 6.45) is 2.29. The molecule has 156 valence electrons. The minimum Gasteiger partial charge on any atom is -0.351 e. The molecule has 0 bridgehead atoms. The van der Waals surface area contributed by atoms with Crippen LogP contribution < -0.4 is 5.32 Å². The molecule has 30 heavy (non-hydrogen) atoms. The zero-order chi connectivity index (χ0) is 20.9. The fourth-order valence-electron chi connectivity index (χ4n) is 3.94. The Kier molecular flexibility index (Phi) is 6.55. The van der Waals surface area contributed by atoms with Gasteiger partial charge in [-0.2, -0.15) is 0 Å². The van der Waals surface area contributed by atoms with Gasteiger partial charge in [-0.1, -0.05) is 30.3 Å². The Bertz CT molecular complexity index is 987. The normalized spacial score (nSPS) is 17.1. The number of nitrogens with one attached hydrogen (secondary N) is 1. The van der Waals surface area contributed by atoms with Crippen molar-refractivity contribution in [3.05, 3.63) is 76.5 Å². The molecule has 1 amide bonds. The molecule has 1 aliphatic rings. The number of nitrogens with zero attached hydrogens (tertiary/aromatic N) is 2. The molecule has 1 fully saturated rings. The van der Waals surface area contributed by atoms with Crippen LogP contribution in [0.1, 0.15) is 33.8 Å². The van der Waals surface area contributed by atoms with Crippen LogP contribution in [-0.4, -0.2) is 35.4 Å². The van der Waals surface area contributed by atoms with Gasteiger partial charge >= 0.3 is 0 Å². The van der Waals surface area contributed by atoms with Crippen molar-refractivity contribution in [2.45, 2.75) is 26.3 Å². The average molecular weight is 424 g/mol. The van der Waals surface area contributed by atoms with Crippen LogP contribution in [0, 0.1) is 18.7 Å². The molecule has 4 rings (SSSR count). The molecule has 1 unspecified atom stereocenters. The van der Waals surface area contributed by atoms with Crippen molar-refractivity contribution in [1.82, 2.24) is 15.2 Å². The lowest BCUT2D eigenvalue weighted by Crippen LogP contribution is -2.40. The van der Waals surface area contributed by atoms with E-state index in [1.165, 1.54) is 29.0 Å². The zero-order valence-electron chi connectivity index (χ0n) is 17.1. The molecule has 0 saturated carbocycles. The number of piperidine rings is 1. The third-order valence-corrected chi connectivity index (χ3v) is 6.70. The van der Waals surface area contributed by atoms with Crippen molar-refractivity contribution in [2.24, 2.45) is 5.92 Å². The number of likely N-dealkylation sites (tertiary alicyclic amines) is 1. The monoisotopic (exact) mass is 423 g/mol. The number of hydrogen-bond acceptors (Lipinski definition) is 4. The van der Waals surface area contributed by atoms with Gasteiger partial charge in [0, 0.05) is 25.2 Å². The van der Waals surface area contributed by atoms with Gasteiger partial charge in [-0.05, 0) is 62.1 Å². The maximum atomic E-state index is 13.2. The maximum Gasteiger partial charge on any atom is 0.263 e. The zero-order valence-corrected chi connectivity index (χ0v) is 17.9. The standard InChI is InChI=1S/C24H26FN3OS/c1-17-22(30-24(27-17)20-9-11-21(25)12-10-20)23(29)26-14-19-8-5-13-28(16-19)15-18-6-3-2-4-7-18/h2-4,6-7,9-12,19H,5,8,13-16H2,1H3,(H,26,29). The highest BCUT2D eigenvalue weighted by Gasteiger charge is 2.22. The molecule has 1 aliphatic heterocycles. The second kappa shape index (κ2) is 9.49. The number of halogens is 1. The van der Waals surface area contributed by atoms with Crippen molar-refractivity contribution >= 4 is 17.2 Å². The Morgan fingerprint density at radius 2 is 1.97 bits per heavy atom. The van der Waals surface area contributed by atoms with E-state index in [9.17, 15) is 9.18 Å². The van der Waals surface area contributed by atoms with E-state index in [0.717, 1.165) is 43.0 Å². The van der Waals surface area contributed by atoms with E-state index >= 15 is 0 Å². The molecule has 1 saturated heterocycles. The summed E-state index contributed by atoms with van der Waals surface area (Å²) in [6, 6.07) is 16.7. The minimum absolute atomic E-state index is 0.0708. The molecule has 0 spiro atoms. The van der Waals surface area contributed by atoms with Crippen molar-refractivity contribution < 1.29 is 9.18 Å². The molecule has 1 N–H and O–H groups in total. The maximum absolute atomic E-state index is 13.2. The number of hydrogen-bond donors (Lipinski definition) is 1. The lowest BCUT2D eigenvalue weighted by atomic mass is 9.97. The predicted octanol–water partition coefficient (Wildman–Crippen LogP) is 4.90. The van der Waals surface area contributed by atoms with E-state index < -0.39 is 0 Å². The summed E-state index contributed by atoms with van der Waals surface area (Å²) in [7, 11) is 0. The molecule has 1 aromatic heterocycles. The lowest BCUT2D eigenvalue weighted by molar-refractivity contribution is 0.0934. The first-order valence-corrected chi connectivity index (χ1v) is 11.2. The average Bonchev–Trinajstić information content (AvgIpc) is 3.15. The number of aromatic nitrogens is 1. The number of benzene rings is 2. The Morgan fingerprint density at radius 1 is 1.20 bits per heavy atom. The smallest absolute Gasteiger partial charge is 0.263 e. The van der Waals surface area contributed by atoms with E-state index in [-0.39, 0.29) is 11.7 Å². The molecule has 1 atom stereocenters. The quantitative estimate of drug-likeness (QED) is 0.613. The molecule has 4 nitrogen and oxygen atoms in total. The third kappa shape index (κ3) is 5.12. The van der Waals surface area contributed by atoms with Crippen molar-refractivity contribution in [3.63, 3.8) is 0 Å². The molecule has 3 aromatic rings. The number of amides is 1. The van der Waals surface area contributed by atoms with Crippen LogP contribution in [0.25, 0.3) is 10.6 Å². The van der Waals surface area contributed by atoms with E-state index in [0.29, 0.717) is 23.0 Å². The summed E-state index contributed by atoms with van der Waals surface area (Å²) < 4.78 is 13.2. The van der Waals surface area contributed by atoms with Crippen LogP contribution in [0.4, 0.5) is 4.39 Å². The summed E-state index contributed by atoms with van der Waals surface area (Å²) in [5, 5.41) is 3.85. The SMILES string of the molecule is Cc1nc(-c2ccc(F)cc2)sc1C(=O)NCC1CCCN(Cc2ccccc2)C1. The third-order valence-electron chi connectivity index (χ3n) is 5.50. The van der Waals surface area contributed by atoms with Gasteiger partial charge in [-0.3, -0.25) is 9.69 Å². The number of aryl methyl sites for hydroxylation is 1. The second-order valence-corrected chi connectivity index (χ2v) is 8.88. The van der Waals surface area contributed by atoms with Crippen molar-refractivity contribution in [3.8, 4) is 10.6 Å². The summed E-state index contributed by atoms with van der Waals surface area (Å²) in [6.45, 7) is 5.58. The molecule has 6 heteroatoms. The minimum atomic E-state index is -0.279. The highest BCUT2D eigenvalue weighted by molar-refractivity contribution is 7.17. The van der Waals surface area contributed by atoms with Gasteiger partial charge < -0.3 is 5.32 Å². The first kappa shape index (κ1) is 20.7. The number of thiazole rings is 1. The summed E-state index contributed by atoms with van der Waals surface area (Å²) in [5.74, 6) is 0.105. The number of rotatable bonds is 6. The second-order valence-electron chi connectivity index (χ2n) is 7.88. The van der Waals surface area contributed by atoms with E-state index in [1.54, 1.807) is 12.1 Å². The molecular weight excluding hydrogens is 397 g/mol. The Hall–Kier alpha value is -2.57. The van der Waals surface area contributed by atoms with Crippen molar-refractivity contribution in [1.29, 1.82) is 0 Å². The van der Waals surface area contributed by atoms with Crippen LogP contribution in [0.3, 0.4) is 0 Å². The lowest BCUT2D eigenvalue weighted by Gasteiger charge is -2.32. The van der Waals surface area contributed by atoms with E-state index in [4.69, 9.17) is 0 Å². The van der Waals surface area contributed by atoms with Gasteiger partial charge in [0.1, 0.15) is 15.7 Å². The fourth-order valence-corrected chi connectivity index (χ4v) is 4.93. The Balaban J connectivity index is 1.33. The summed E-state index contributed by atoms with van der Waals surface area (Å²) >= 11 is 1.36. The van der Waals surface area contributed by atoms with Crippen LogP contribution >= 0.6 is 11.3 Å². The fraction of sp³-hybridized carbons (Fsp3) is 0.333. The summed E-state index contributed by atoms with van der Waals surface area (Å²) in [4.78, 5) is 20.4. The van der Waals surface area contributed by atoms with Crippen LogP contribution in [0.5, 0.6) is 0 Å². The first-order valence-electron chi connectivity index (χ1n) is 10.4. The predicted molar refractivity (Wildman–Crippen MR) is 119 cm³/mol. The van der Waals surface area contributed by atoms with Gasteiger partial charge in [-0.15, -0.1) is 11.3 Å². The topological polar surface area (TPSA) is 45.2 Å². The van der Waals surface area contributed by atoms with E-state index in [1.807, 2.05) is 13.0 Å². The van der Waals surface area contributed by atoms with Gasteiger partial charge in [0.05, 0.1) is 5.69 Å². The molecule has 2 heterocycles. The number of carbonyl (C=O) groups is 1. The summed E-state index contributed by atoms with van der Waals surface area (Å²) in [5.41, 5.74) is 2.87. The van der Waals surface area contributed by atoms with Gasteiger partial charge in [0.15, 0.2) is 0 Å². The van der Waals surface area contributed by atoms with Crippen molar-refractivity contribution in [2.75, 3.05) is 19.6 Å². The van der Waals surface area contributed by atoms with Gasteiger partial charge in [0.25, 0.3) is 5.91 Å². The number of carbonyl (C=O) groups excluding carboxylic acids is 1. The van der Waals surface area contributed by atoms with Crippen LogP contribution in [0.2, 0.25) is 0 Å². The molecular formula is C24H26FN3OS. The molecule has 2 aromatic carbocycles. The Labute approximate surface area is 180 Å². The highest BCUT2D eigenvalue weighted by Crippen LogP contribution is 2.28. The van der Waals surface area contributed by atoms with Crippen LogP contribution in [0.15, 0.2) is 54.6 Å². The molecule has 0 radical (unpaired) electrons. The van der Waals surface area contributed by atoms with Gasteiger partial charge in [-0.25, -0.2) is 9.37 Å². The Morgan fingerprint density at radius 3 is 2.73 bits per heavy atom. The highest BCUT2D eigenvalue weighted by atomic mass is 32.1. The largest absolute Gasteiger partial charge is 0.351 e. The molecule has 0 aliphatic carbocycles.